The average Bonchev–Trinajstić information content (AvgIpc) is 2.86. The number of carbonyl (C=O) groups excluding carboxylic acids is 1. The lowest BCUT2D eigenvalue weighted by Gasteiger charge is -2.14. The smallest absolute Gasteiger partial charge is 0.164 e. The molecule has 1 aliphatic rings. The maximum atomic E-state index is 13.1. The van der Waals surface area contributed by atoms with E-state index in [2.05, 4.69) is 4.90 Å². The van der Waals surface area contributed by atoms with Crippen molar-refractivity contribution in [3.05, 3.63) is 35.4 Å². The molecule has 116 valence electrons. The second-order valence-electron chi connectivity index (χ2n) is 5.14. The van der Waals surface area contributed by atoms with Crippen molar-refractivity contribution in [1.29, 1.82) is 0 Å². The molecule has 1 heterocycles. The van der Waals surface area contributed by atoms with Gasteiger partial charge in [0.1, 0.15) is 11.6 Å². The van der Waals surface area contributed by atoms with E-state index in [4.69, 9.17) is 9.47 Å². The molecule has 0 radical (unpaired) electrons. The van der Waals surface area contributed by atoms with Gasteiger partial charge < -0.3 is 9.47 Å². The predicted molar refractivity (Wildman–Crippen MR) is 73.3 cm³/mol. The second kappa shape index (κ2) is 7.06. The van der Waals surface area contributed by atoms with E-state index in [-0.39, 0.29) is 30.0 Å². The summed E-state index contributed by atoms with van der Waals surface area (Å²) in [5.41, 5.74) is 0.0679. The predicted octanol–water partition coefficient (Wildman–Crippen LogP) is 1.88. The van der Waals surface area contributed by atoms with Crippen LogP contribution in [0.5, 0.6) is 0 Å². The van der Waals surface area contributed by atoms with Crippen LogP contribution in [0.1, 0.15) is 16.8 Å². The molecule has 1 aliphatic heterocycles. The highest BCUT2D eigenvalue weighted by atomic mass is 19.1. The normalized spacial score (nSPS) is 22.7. The van der Waals surface area contributed by atoms with Crippen LogP contribution in [0.4, 0.5) is 8.78 Å². The lowest BCUT2D eigenvalue weighted by molar-refractivity contribution is -0.00461. The Morgan fingerprint density at radius 1 is 1.14 bits per heavy atom. The fourth-order valence-electron chi connectivity index (χ4n) is 2.57. The lowest BCUT2D eigenvalue weighted by atomic mass is 10.1. The Hall–Kier alpha value is -1.37. The highest BCUT2D eigenvalue weighted by molar-refractivity contribution is 5.96. The van der Waals surface area contributed by atoms with Crippen LogP contribution in [0.15, 0.2) is 18.2 Å². The molecule has 0 bridgehead atoms. The summed E-state index contributed by atoms with van der Waals surface area (Å²) >= 11 is 0. The number of hydrogen-bond donors (Lipinski definition) is 0. The number of Topliss-reactive ketones (excluding diaryl/α,β-unsaturated/α-hetero) is 1. The maximum absolute atomic E-state index is 13.1. The molecular weight excluding hydrogens is 280 g/mol. The van der Waals surface area contributed by atoms with Gasteiger partial charge in [0, 0.05) is 51.9 Å². The van der Waals surface area contributed by atoms with Gasteiger partial charge >= 0.3 is 0 Å². The van der Waals surface area contributed by atoms with Crippen LogP contribution < -0.4 is 0 Å². The molecule has 2 rings (SSSR count). The van der Waals surface area contributed by atoms with E-state index in [0.29, 0.717) is 19.6 Å². The van der Waals surface area contributed by atoms with Gasteiger partial charge in [-0.05, 0) is 12.1 Å². The molecule has 21 heavy (non-hydrogen) atoms. The Morgan fingerprint density at radius 3 is 2.14 bits per heavy atom. The monoisotopic (exact) mass is 299 g/mol. The van der Waals surface area contributed by atoms with Crippen molar-refractivity contribution in [1.82, 2.24) is 4.90 Å². The number of likely N-dealkylation sites (tertiary alicyclic amines) is 1. The van der Waals surface area contributed by atoms with Gasteiger partial charge in [0.2, 0.25) is 0 Å². The van der Waals surface area contributed by atoms with Crippen molar-refractivity contribution in [2.45, 2.75) is 18.6 Å². The van der Waals surface area contributed by atoms with Crippen LogP contribution in [0.25, 0.3) is 0 Å². The molecule has 0 spiro atoms. The number of halogens is 2. The maximum Gasteiger partial charge on any atom is 0.164 e. The number of methoxy groups -OCH3 is 2. The van der Waals surface area contributed by atoms with Crippen LogP contribution in [0.2, 0.25) is 0 Å². The zero-order valence-corrected chi connectivity index (χ0v) is 12.1. The van der Waals surface area contributed by atoms with Gasteiger partial charge in [0.25, 0.3) is 0 Å². The van der Waals surface area contributed by atoms with Gasteiger partial charge in [-0.1, -0.05) is 0 Å². The lowest BCUT2D eigenvalue weighted by Crippen LogP contribution is -2.27. The zero-order chi connectivity index (χ0) is 15.4. The zero-order valence-electron chi connectivity index (χ0n) is 12.1. The van der Waals surface area contributed by atoms with Gasteiger partial charge in [-0.25, -0.2) is 8.78 Å². The van der Waals surface area contributed by atoms with Gasteiger partial charge in [0.15, 0.2) is 5.78 Å². The van der Waals surface area contributed by atoms with E-state index in [1.807, 2.05) is 0 Å². The summed E-state index contributed by atoms with van der Waals surface area (Å²) in [6, 6.07) is 2.88. The first kappa shape index (κ1) is 16.0. The van der Waals surface area contributed by atoms with Gasteiger partial charge in [-0.2, -0.15) is 0 Å². The molecule has 0 N–H and O–H groups in total. The van der Waals surface area contributed by atoms with Crippen LogP contribution in [-0.4, -0.2) is 56.7 Å². The summed E-state index contributed by atoms with van der Waals surface area (Å²) in [7, 11) is 3.25. The van der Waals surface area contributed by atoms with Crippen molar-refractivity contribution in [3.63, 3.8) is 0 Å². The SMILES string of the molecule is COC1CN(CCC(=O)c2cc(F)cc(F)c2)CC1OC. The largest absolute Gasteiger partial charge is 0.377 e. The summed E-state index contributed by atoms with van der Waals surface area (Å²) in [5.74, 6) is -1.75. The Balaban J connectivity index is 1.90. The van der Waals surface area contributed by atoms with Crippen LogP contribution in [0.3, 0.4) is 0 Å². The molecule has 0 saturated carbocycles. The fraction of sp³-hybridized carbons (Fsp3) is 0.533. The summed E-state index contributed by atoms with van der Waals surface area (Å²) in [5, 5.41) is 0. The first-order valence-electron chi connectivity index (χ1n) is 6.80. The minimum atomic E-state index is -0.738. The number of ketones is 1. The number of ether oxygens (including phenoxy) is 2. The molecule has 1 aromatic carbocycles. The third-order valence-corrected chi connectivity index (χ3v) is 3.74. The molecule has 1 fully saturated rings. The van der Waals surface area contributed by atoms with Gasteiger partial charge in [-0.15, -0.1) is 0 Å². The minimum absolute atomic E-state index is 0.0169. The van der Waals surface area contributed by atoms with Gasteiger partial charge in [0.05, 0.1) is 12.2 Å². The van der Waals surface area contributed by atoms with Crippen LogP contribution >= 0.6 is 0 Å². The number of carbonyl (C=O) groups is 1. The summed E-state index contributed by atoms with van der Waals surface area (Å²) in [4.78, 5) is 14.0. The van der Waals surface area contributed by atoms with Crippen LogP contribution in [-0.2, 0) is 9.47 Å². The standard InChI is InChI=1S/C15H19F2NO3/c1-20-14-8-18(9-15(14)21-2)4-3-13(19)10-5-11(16)7-12(17)6-10/h5-7,14-15H,3-4,8-9H2,1-2H3. The van der Waals surface area contributed by atoms with E-state index in [9.17, 15) is 13.6 Å². The van der Waals surface area contributed by atoms with Crippen molar-refractivity contribution in [2.75, 3.05) is 33.9 Å². The minimum Gasteiger partial charge on any atom is -0.377 e. The van der Waals surface area contributed by atoms with E-state index >= 15 is 0 Å². The average molecular weight is 299 g/mol. The Kier molecular flexibility index (Phi) is 5.39. The number of rotatable bonds is 6. The third-order valence-electron chi connectivity index (χ3n) is 3.74. The second-order valence-corrected chi connectivity index (χ2v) is 5.14. The molecule has 0 amide bonds. The topological polar surface area (TPSA) is 38.8 Å². The number of nitrogens with zero attached hydrogens (tertiary/aromatic N) is 1. The molecule has 0 aromatic heterocycles. The third kappa shape index (κ3) is 4.06. The molecule has 6 heteroatoms. The van der Waals surface area contributed by atoms with E-state index in [0.717, 1.165) is 18.2 Å². The molecular formula is C15H19F2NO3. The van der Waals surface area contributed by atoms with E-state index in [1.54, 1.807) is 14.2 Å². The van der Waals surface area contributed by atoms with Crippen molar-refractivity contribution >= 4 is 5.78 Å². The van der Waals surface area contributed by atoms with E-state index in [1.165, 1.54) is 0 Å². The fourth-order valence-corrected chi connectivity index (χ4v) is 2.57. The molecule has 4 nitrogen and oxygen atoms in total. The Labute approximate surface area is 122 Å². The summed E-state index contributed by atoms with van der Waals surface area (Å²) in [6.45, 7) is 1.87. The highest BCUT2D eigenvalue weighted by Crippen LogP contribution is 2.17. The summed E-state index contributed by atoms with van der Waals surface area (Å²) in [6.07, 6.45) is 0.170. The van der Waals surface area contributed by atoms with Crippen molar-refractivity contribution < 1.29 is 23.0 Å². The van der Waals surface area contributed by atoms with E-state index < -0.39 is 11.6 Å². The number of benzene rings is 1. The Bertz CT molecular complexity index is 477. The molecule has 0 aliphatic carbocycles. The first-order chi connectivity index (χ1) is 10.0. The Morgan fingerprint density at radius 2 is 1.67 bits per heavy atom. The van der Waals surface area contributed by atoms with Crippen molar-refractivity contribution in [2.24, 2.45) is 0 Å². The first-order valence-corrected chi connectivity index (χ1v) is 6.80. The van der Waals surface area contributed by atoms with Crippen molar-refractivity contribution in [3.8, 4) is 0 Å². The van der Waals surface area contributed by atoms with Crippen LogP contribution in [0, 0.1) is 11.6 Å². The molecule has 2 atom stereocenters. The molecule has 1 saturated heterocycles. The molecule has 1 aromatic rings. The quantitative estimate of drug-likeness (QED) is 0.752. The molecule has 2 unspecified atom stereocenters. The number of hydrogen-bond acceptors (Lipinski definition) is 4. The highest BCUT2D eigenvalue weighted by Gasteiger charge is 2.32. The summed E-state index contributed by atoms with van der Waals surface area (Å²) < 4.78 is 36.8. The van der Waals surface area contributed by atoms with Gasteiger partial charge in [-0.3, -0.25) is 9.69 Å².